The molecular weight excluding hydrogens is 260 g/mol. The van der Waals surface area contributed by atoms with Crippen molar-refractivity contribution in [3.63, 3.8) is 0 Å². The molecule has 0 saturated carbocycles. The molecule has 1 heterocycles. The van der Waals surface area contributed by atoms with Crippen molar-refractivity contribution >= 4 is 42.6 Å². The zero-order chi connectivity index (χ0) is 10.3. The zero-order valence-electron chi connectivity index (χ0n) is 8.04. The Bertz CT molecular complexity index is 476. The van der Waals surface area contributed by atoms with Crippen molar-refractivity contribution in [2.75, 3.05) is 5.73 Å². The lowest BCUT2D eigenvalue weighted by Crippen LogP contribution is -1.89. The van der Waals surface area contributed by atoms with Gasteiger partial charge in [0, 0.05) is 4.47 Å². The molecule has 0 aliphatic carbocycles. The van der Waals surface area contributed by atoms with E-state index in [0.29, 0.717) is 11.0 Å². The molecule has 1 aromatic carbocycles. The number of anilines is 1. The van der Waals surface area contributed by atoms with Crippen molar-refractivity contribution in [3.8, 4) is 0 Å². The minimum Gasteiger partial charge on any atom is -0.375 e. The molecule has 2 N–H and O–H groups in total. The fraction of sp³-hybridized carbons (Fsp3) is 0.300. The van der Waals surface area contributed by atoms with E-state index in [9.17, 15) is 0 Å². The van der Waals surface area contributed by atoms with Crippen LogP contribution in [0.2, 0.25) is 0 Å². The van der Waals surface area contributed by atoms with E-state index >= 15 is 0 Å². The number of benzene rings is 1. The molecule has 2 aromatic rings. The van der Waals surface area contributed by atoms with Crippen LogP contribution in [0.15, 0.2) is 16.6 Å². The predicted molar refractivity (Wildman–Crippen MR) is 65.8 cm³/mol. The maximum Gasteiger partial charge on any atom is 0.181 e. The number of nitrogens with two attached hydrogens (primary N) is 1. The molecular formula is C10H11BrN2S. The zero-order valence-corrected chi connectivity index (χ0v) is 10.4. The second-order valence-electron chi connectivity index (χ2n) is 3.55. The molecule has 1 aromatic heterocycles. The normalized spacial score (nSPS) is 11.4. The highest BCUT2D eigenvalue weighted by molar-refractivity contribution is 9.10. The van der Waals surface area contributed by atoms with Gasteiger partial charge in [-0.15, -0.1) is 0 Å². The van der Waals surface area contributed by atoms with Crippen LogP contribution >= 0.6 is 27.3 Å². The van der Waals surface area contributed by atoms with E-state index in [4.69, 9.17) is 5.73 Å². The third-order valence-electron chi connectivity index (χ3n) is 2.13. The molecule has 0 spiro atoms. The molecule has 4 heteroatoms. The Morgan fingerprint density at radius 2 is 2.14 bits per heavy atom. The van der Waals surface area contributed by atoms with Crippen molar-refractivity contribution in [2.45, 2.75) is 19.8 Å². The van der Waals surface area contributed by atoms with Crippen LogP contribution in [0.5, 0.6) is 0 Å². The van der Waals surface area contributed by atoms with Crippen LogP contribution in [0, 0.1) is 0 Å². The third kappa shape index (κ3) is 1.64. The molecule has 0 aliphatic heterocycles. The first-order valence-electron chi connectivity index (χ1n) is 4.43. The van der Waals surface area contributed by atoms with Gasteiger partial charge >= 0.3 is 0 Å². The Labute approximate surface area is 95.3 Å². The largest absolute Gasteiger partial charge is 0.375 e. The third-order valence-corrected chi connectivity index (χ3v) is 3.42. The Morgan fingerprint density at radius 1 is 1.43 bits per heavy atom. The van der Waals surface area contributed by atoms with Gasteiger partial charge in [-0.3, -0.25) is 0 Å². The quantitative estimate of drug-likeness (QED) is 0.857. The number of rotatable bonds is 1. The lowest BCUT2D eigenvalue weighted by atomic mass is 10.0. The molecule has 2 rings (SSSR count). The molecule has 2 nitrogen and oxygen atoms in total. The van der Waals surface area contributed by atoms with Gasteiger partial charge in [-0.2, -0.15) is 0 Å². The van der Waals surface area contributed by atoms with Crippen LogP contribution in [0.4, 0.5) is 5.13 Å². The Balaban J connectivity index is 2.79. The number of hydrogen-bond acceptors (Lipinski definition) is 3. The molecule has 0 aliphatic rings. The summed E-state index contributed by atoms with van der Waals surface area (Å²) in [7, 11) is 0. The summed E-state index contributed by atoms with van der Waals surface area (Å²) in [4.78, 5) is 4.35. The molecule has 0 saturated heterocycles. The fourth-order valence-electron chi connectivity index (χ4n) is 1.48. The maximum absolute atomic E-state index is 5.70. The molecule has 0 unspecified atom stereocenters. The molecule has 14 heavy (non-hydrogen) atoms. The van der Waals surface area contributed by atoms with Crippen molar-refractivity contribution in [1.29, 1.82) is 0 Å². The van der Waals surface area contributed by atoms with Crippen molar-refractivity contribution in [2.24, 2.45) is 0 Å². The van der Waals surface area contributed by atoms with Gasteiger partial charge in [-0.1, -0.05) is 41.1 Å². The molecule has 0 atom stereocenters. The Morgan fingerprint density at radius 3 is 2.79 bits per heavy atom. The lowest BCUT2D eigenvalue weighted by molar-refractivity contribution is 0.873. The van der Waals surface area contributed by atoms with Gasteiger partial charge in [0.25, 0.3) is 0 Å². The topological polar surface area (TPSA) is 38.9 Å². The summed E-state index contributed by atoms with van der Waals surface area (Å²) in [5, 5.41) is 0.639. The molecule has 0 fully saturated rings. The highest BCUT2D eigenvalue weighted by Crippen LogP contribution is 2.33. The number of thiazole rings is 1. The van der Waals surface area contributed by atoms with Gasteiger partial charge in [0.1, 0.15) is 0 Å². The van der Waals surface area contributed by atoms with E-state index in [0.717, 1.165) is 14.7 Å². The second-order valence-corrected chi connectivity index (χ2v) is 5.53. The van der Waals surface area contributed by atoms with Gasteiger partial charge in [-0.05, 0) is 23.6 Å². The first-order chi connectivity index (χ1) is 6.58. The standard InChI is InChI=1S/C10H11BrN2S/c1-5(2)7-3-6(11)4-8-9(7)13-10(12)14-8/h3-5H,1-2H3,(H2,12,13). The van der Waals surface area contributed by atoms with Gasteiger partial charge in [0.05, 0.1) is 10.2 Å². The monoisotopic (exact) mass is 270 g/mol. The highest BCUT2D eigenvalue weighted by Gasteiger charge is 2.10. The highest BCUT2D eigenvalue weighted by atomic mass is 79.9. The average molecular weight is 271 g/mol. The van der Waals surface area contributed by atoms with Crippen molar-refractivity contribution in [1.82, 2.24) is 4.98 Å². The minimum absolute atomic E-state index is 0.469. The summed E-state index contributed by atoms with van der Waals surface area (Å²) in [6, 6.07) is 4.18. The van der Waals surface area contributed by atoms with Gasteiger partial charge in [0.15, 0.2) is 5.13 Å². The summed E-state index contributed by atoms with van der Waals surface area (Å²) in [6.07, 6.45) is 0. The van der Waals surface area contributed by atoms with E-state index in [2.05, 4.69) is 46.9 Å². The maximum atomic E-state index is 5.70. The van der Waals surface area contributed by atoms with Crippen LogP contribution < -0.4 is 5.73 Å². The molecule has 0 amide bonds. The Kier molecular flexibility index (Phi) is 2.49. The number of fused-ring (bicyclic) bond motifs is 1. The van der Waals surface area contributed by atoms with Gasteiger partial charge in [-0.25, -0.2) is 4.98 Å². The summed E-state index contributed by atoms with van der Waals surface area (Å²) in [6.45, 7) is 4.33. The van der Waals surface area contributed by atoms with Crippen molar-refractivity contribution in [3.05, 3.63) is 22.2 Å². The lowest BCUT2D eigenvalue weighted by Gasteiger charge is -2.06. The number of nitrogen functional groups attached to an aromatic ring is 1. The minimum atomic E-state index is 0.469. The Hall–Kier alpha value is -0.610. The van der Waals surface area contributed by atoms with Crippen LogP contribution in [0.3, 0.4) is 0 Å². The molecule has 74 valence electrons. The first kappa shape index (κ1) is 9.93. The predicted octanol–water partition coefficient (Wildman–Crippen LogP) is 3.76. The first-order valence-corrected chi connectivity index (χ1v) is 6.04. The van der Waals surface area contributed by atoms with E-state index < -0.39 is 0 Å². The number of halogens is 1. The summed E-state index contributed by atoms with van der Waals surface area (Å²) < 4.78 is 2.25. The van der Waals surface area contributed by atoms with E-state index in [1.165, 1.54) is 16.9 Å². The van der Waals surface area contributed by atoms with Crippen LogP contribution in [-0.2, 0) is 0 Å². The van der Waals surface area contributed by atoms with Gasteiger partial charge in [0.2, 0.25) is 0 Å². The van der Waals surface area contributed by atoms with E-state index in [1.807, 2.05) is 0 Å². The fourth-order valence-corrected chi connectivity index (χ4v) is 2.91. The summed E-state index contributed by atoms with van der Waals surface area (Å²) >= 11 is 5.03. The number of hydrogen-bond donors (Lipinski definition) is 1. The van der Waals surface area contributed by atoms with Crippen LogP contribution in [0.25, 0.3) is 10.2 Å². The summed E-state index contributed by atoms with van der Waals surface area (Å²) in [5.74, 6) is 0.469. The number of aromatic nitrogens is 1. The second kappa shape index (κ2) is 3.51. The number of nitrogens with zero attached hydrogens (tertiary/aromatic N) is 1. The van der Waals surface area contributed by atoms with Crippen LogP contribution in [0.1, 0.15) is 25.3 Å². The SMILES string of the molecule is CC(C)c1cc(Br)cc2sc(N)nc12. The van der Waals surface area contributed by atoms with E-state index in [1.54, 1.807) is 0 Å². The van der Waals surface area contributed by atoms with Crippen LogP contribution in [-0.4, -0.2) is 4.98 Å². The van der Waals surface area contributed by atoms with Crippen molar-refractivity contribution < 1.29 is 0 Å². The summed E-state index contributed by atoms with van der Waals surface area (Å²) in [5.41, 5.74) is 8.00. The smallest absolute Gasteiger partial charge is 0.181 e. The van der Waals surface area contributed by atoms with E-state index in [-0.39, 0.29) is 0 Å². The average Bonchev–Trinajstić information content (AvgIpc) is 2.42. The van der Waals surface area contributed by atoms with Gasteiger partial charge < -0.3 is 5.73 Å². The molecule has 0 radical (unpaired) electrons. The molecule has 0 bridgehead atoms.